The van der Waals surface area contributed by atoms with Crippen molar-refractivity contribution in [1.29, 1.82) is 0 Å². The second kappa shape index (κ2) is 11.6. The van der Waals surface area contributed by atoms with E-state index in [1.165, 1.54) is 4.90 Å². The summed E-state index contributed by atoms with van der Waals surface area (Å²) in [6.07, 6.45) is 6.61. The van der Waals surface area contributed by atoms with Gasteiger partial charge in [-0.3, -0.25) is 29.4 Å². The second-order valence-electron chi connectivity index (χ2n) is 14.6. The van der Waals surface area contributed by atoms with E-state index in [-0.39, 0.29) is 43.0 Å². The Bertz CT molecular complexity index is 1370. The van der Waals surface area contributed by atoms with E-state index in [4.69, 9.17) is 4.74 Å². The summed E-state index contributed by atoms with van der Waals surface area (Å²) in [7, 11) is 0. The average Bonchev–Trinajstić information content (AvgIpc) is 3.57. The number of alkyl halides is 2. The molecule has 5 fully saturated rings. The van der Waals surface area contributed by atoms with Crippen molar-refractivity contribution < 1.29 is 32.7 Å². The van der Waals surface area contributed by atoms with E-state index >= 15 is 8.78 Å². The van der Waals surface area contributed by atoms with Gasteiger partial charge in [-0.2, -0.15) is 0 Å². The lowest BCUT2D eigenvalue weighted by molar-refractivity contribution is -0.173. The number of nitrogens with zero attached hydrogens (tertiary/aromatic N) is 3. The van der Waals surface area contributed by atoms with Crippen molar-refractivity contribution in [1.82, 2.24) is 20.0 Å². The van der Waals surface area contributed by atoms with Crippen LogP contribution in [0.1, 0.15) is 93.5 Å². The van der Waals surface area contributed by atoms with Crippen LogP contribution in [0.15, 0.2) is 18.2 Å². The number of nitrogens with one attached hydrogen (secondary N) is 1. The summed E-state index contributed by atoms with van der Waals surface area (Å²) in [5.41, 5.74) is 0.952. The molecule has 0 aromatic heterocycles. The molecule has 1 unspecified atom stereocenters. The third-order valence-corrected chi connectivity index (χ3v) is 11.6. The minimum absolute atomic E-state index is 0.155. The van der Waals surface area contributed by atoms with Crippen molar-refractivity contribution in [3.63, 3.8) is 0 Å². The molecule has 1 aromatic rings. The molecule has 3 saturated heterocycles. The molecule has 0 spiro atoms. The first-order valence-electron chi connectivity index (χ1n) is 16.9. The van der Waals surface area contributed by atoms with Crippen molar-refractivity contribution in [2.75, 3.05) is 26.2 Å². The molecule has 2 saturated carbocycles. The van der Waals surface area contributed by atoms with Gasteiger partial charge in [0.2, 0.25) is 17.7 Å². The second-order valence-corrected chi connectivity index (χ2v) is 14.6. The highest BCUT2D eigenvalue weighted by molar-refractivity contribution is 6.05. The Labute approximate surface area is 263 Å². The van der Waals surface area contributed by atoms with Crippen molar-refractivity contribution in [2.45, 2.75) is 108 Å². The summed E-state index contributed by atoms with van der Waals surface area (Å²) >= 11 is 0. The Morgan fingerprint density at radius 3 is 2.40 bits per heavy atom. The van der Waals surface area contributed by atoms with Gasteiger partial charge in [0.05, 0.1) is 0 Å². The SMILES string of the molecule is CC1(C(=O)N2CCC(C3CN([C@@H]4[C@@H](Oc5ccc6c(c5)CN(C5CCC(=O)NC5=O)C6=O)CCCC4(F)F)C3)CC2)CCCC1. The predicted octanol–water partition coefficient (Wildman–Crippen LogP) is 4.13. The number of benzene rings is 1. The number of carbonyl (C=O) groups is 4. The van der Waals surface area contributed by atoms with Crippen LogP contribution in [0, 0.1) is 17.3 Å². The number of carbonyl (C=O) groups excluding carboxylic acids is 4. The summed E-state index contributed by atoms with van der Waals surface area (Å²) in [6.45, 7) is 5.09. The van der Waals surface area contributed by atoms with Gasteiger partial charge < -0.3 is 14.5 Å². The Hall–Kier alpha value is -3.08. The summed E-state index contributed by atoms with van der Waals surface area (Å²) in [5.74, 6) is -2.40. The van der Waals surface area contributed by atoms with Crippen LogP contribution in [-0.2, 0) is 20.9 Å². The molecule has 0 bridgehead atoms. The molecule has 0 radical (unpaired) electrons. The van der Waals surface area contributed by atoms with Crippen LogP contribution in [0.2, 0.25) is 0 Å². The molecule has 4 aliphatic heterocycles. The summed E-state index contributed by atoms with van der Waals surface area (Å²) in [4.78, 5) is 55.6. The van der Waals surface area contributed by atoms with Gasteiger partial charge >= 0.3 is 0 Å². The lowest BCUT2D eigenvalue weighted by Crippen LogP contribution is -2.66. The molecule has 3 atom stereocenters. The van der Waals surface area contributed by atoms with Crippen LogP contribution in [-0.4, -0.2) is 88.6 Å². The van der Waals surface area contributed by atoms with Crippen LogP contribution in [0.5, 0.6) is 5.75 Å². The number of halogens is 2. The molecular weight excluding hydrogens is 582 g/mol. The zero-order valence-electron chi connectivity index (χ0n) is 26.1. The highest BCUT2D eigenvalue weighted by atomic mass is 19.3. The zero-order valence-corrected chi connectivity index (χ0v) is 26.1. The molecule has 244 valence electrons. The minimum atomic E-state index is -2.87. The molecule has 9 nitrogen and oxygen atoms in total. The third kappa shape index (κ3) is 5.63. The number of rotatable bonds is 6. The zero-order chi connectivity index (χ0) is 31.5. The normalized spacial score (nSPS) is 30.6. The number of piperidine rings is 2. The minimum Gasteiger partial charge on any atom is -0.489 e. The molecule has 1 aromatic carbocycles. The lowest BCUT2D eigenvalue weighted by Gasteiger charge is -2.53. The Kier molecular flexibility index (Phi) is 7.89. The first-order chi connectivity index (χ1) is 21.5. The highest BCUT2D eigenvalue weighted by Crippen LogP contribution is 2.45. The fraction of sp³-hybridized carbons (Fsp3) is 0.706. The average molecular weight is 627 g/mol. The first-order valence-corrected chi connectivity index (χ1v) is 16.9. The number of fused-ring (bicyclic) bond motifs is 1. The smallest absolute Gasteiger partial charge is 0.266 e. The summed E-state index contributed by atoms with van der Waals surface area (Å²) in [5, 5.41) is 2.31. The molecule has 4 amide bonds. The first kappa shape index (κ1) is 30.6. The summed E-state index contributed by atoms with van der Waals surface area (Å²) < 4.78 is 37.3. The summed E-state index contributed by atoms with van der Waals surface area (Å²) in [6, 6.07) is 3.33. The van der Waals surface area contributed by atoms with Gasteiger partial charge in [-0.1, -0.05) is 19.8 Å². The Balaban J connectivity index is 0.969. The molecule has 45 heavy (non-hydrogen) atoms. The van der Waals surface area contributed by atoms with Gasteiger partial charge in [-0.05, 0) is 80.5 Å². The highest BCUT2D eigenvalue weighted by Gasteiger charge is 2.55. The van der Waals surface area contributed by atoms with E-state index in [0.717, 1.165) is 51.6 Å². The van der Waals surface area contributed by atoms with Gasteiger partial charge in [-0.25, -0.2) is 8.78 Å². The van der Waals surface area contributed by atoms with Crippen LogP contribution in [0.4, 0.5) is 8.78 Å². The van der Waals surface area contributed by atoms with Gasteiger partial charge in [0, 0.05) is 56.5 Å². The van der Waals surface area contributed by atoms with Crippen LogP contribution in [0.25, 0.3) is 0 Å². The van der Waals surface area contributed by atoms with E-state index in [1.807, 2.05) is 9.80 Å². The quantitative estimate of drug-likeness (QED) is 0.477. The third-order valence-electron chi connectivity index (χ3n) is 11.6. The van der Waals surface area contributed by atoms with E-state index in [1.54, 1.807) is 18.2 Å². The molecule has 1 N–H and O–H groups in total. The lowest BCUT2D eigenvalue weighted by atomic mass is 9.76. The maximum atomic E-state index is 15.5. The number of amides is 4. The molecule has 6 aliphatic rings. The topological polar surface area (TPSA) is 99.3 Å². The molecule has 2 aliphatic carbocycles. The van der Waals surface area contributed by atoms with Crippen LogP contribution in [0.3, 0.4) is 0 Å². The maximum absolute atomic E-state index is 15.5. The number of hydrogen-bond acceptors (Lipinski definition) is 6. The van der Waals surface area contributed by atoms with Crippen molar-refractivity contribution in [3.05, 3.63) is 29.3 Å². The monoisotopic (exact) mass is 626 g/mol. The van der Waals surface area contributed by atoms with E-state index < -0.39 is 30.0 Å². The molecular formula is C34H44F2N4O5. The van der Waals surface area contributed by atoms with E-state index in [0.29, 0.717) is 60.6 Å². The Morgan fingerprint density at radius 2 is 1.69 bits per heavy atom. The van der Waals surface area contributed by atoms with Crippen molar-refractivity contribution >= 4 is 23.6 Å². The number of imide groups is 1. The van der Waals surface area contributed by atoms with E-state index in [2.05, 4.69) is 12.2 Å². The van der Waals surface area contributed by atoms with E-state index in [9.17, 15) is 19.2 Å². The van der Waals surface area contributed by atoms with Gasteiger partial charge in [0.1, 0.15) is 23.9 Å². The van der Waals surface area contributed by atoms with Crippen LogP contribution >= 0.6 is 0 Å². The molecule has 4 heterocycles. The van der Waals surface area contributed by atoms with Crippen LogP contribution < -0.4 is 10.1 Å². The number of likely N-dealkylation sites (tertiary alicyclic amines) is 2. The van der Waals surface area contributed by atoms with Gasteiger partial charge in [-0.15, -0.1) is 0 Å². The fourth-order valence-corrected chi connectivity index (χ4v) is 8.94. The van der Waals surface area contributed by atoms with Gasteiger partial charge in [0.15, 0.2) is 0 Å². The standard InChI is InChI=1S/C34H44F2N4O5/c1-33(12-2-3-13-33)32(44)38-15-10-21(11-16-38)23-18-39(19-23)29-27(5-4-14-34(29,35)36)45-24-6-7-25-22(17-24)20-40(31(25)43)26-8-9-28(41)37-30(26)42/h6-7,17,21,23,26-27,29H,2-5,8-16,18-20H2,1H3,(H,37,41,42)/t26?,27-,29+/m0/s1. The predicted molar refractivity (Wildman–Crippen MR) is 160 cm³/mol. The van der Waals surface area contributed by atoms with Gasteiger partial charge in [0.25, 0.3) is 11.8 Å². The molecule has 7 rings (SSSR count). The fourth-order valence-electron chi connectivity index (χ4n) is 8.94. The Morgan fingerprint density at radius 1 is 0.956 bits per heavy atom. The molecule has 11 heteroatoms. The van der Waals surface area contributed by atoms with Crippen molar-refractivity contribution in [2.24, 2.45) is 17.3 Å². The van der Waals surface area contributed by atoms with Crippen molar-refractivity contribution in [3.8, 4) is 5.75 Å². The number of hydrogen-bond donors (Lipinski definition) is 1. The largest absolute Gasteiger partial charge is 0.489 e. The number of ether oxygens (including phenoxy) is 1. The maximum Gasteiger partial charge on any atom is 0.266 e.